The van der Waals surface area contributed by atoms with E-state index >= 15 is 0 Å². The molecule has 3 nitrogen and oxygen atoms in total. The quantitative estimate of drug-likeness (QED) is 0.743. The first-order valence-electron chi connectivity index (χ1n) is 4.76. The average molecular weight is 188 g/mol. The molecule has 0 bridgehead atoms. The summed E-state index contributed by atoms with van der Waals surface area (Å²) in [6, 6.07) is 5.82. The molecule has 3 heteroatoms. The zero-order chi connectivity index (χ0) is 9.80. The number of nitrogens with zero attached hydrogens (tertiary/aromatic N) is 2. The van der Waals surface area contributed by atoms with Crippen molar-refractivity contribution in [2.45, 2.75) is 19.8 Å². The van der Waals surface area contributed by atoms with E-state index < -0.39 is 0 Å². The summed E-state index contributed by atoms with van der Waals surface area (Å²) in [6.45, 7) is 2.12. The van der Waals surface area contributed by atoms with Gasteiger partial charge in [-0.3, -0.25) is 4.98 Å². The van der Waals surface area contributed by atoms with Gasteiger partial charge in [0, 0.05) is 24.0 Å². The zero-order valence-corrected chi connectivity index (χ0v) is 8.10. The van der Waals surface area contributed by atoms with Gasteiger partial charge in [0.2, 0.25) is 0 Å². The van der Waals surface area contributed by atoms with Crippen molar-refractivity contribution in [2.24, 2.45) is 0 Å². The molecule has 2 heterocycles. The maximum absolute atomic E-state index is 5.21. The summed E-state index contributed by atoms with van der Waals surface area (Å²) in [5, 5.41) is 3.98. The lowest BCUT2D eigenvalue weighted by atomic mass is 10.2. The Balaban J connectivity index is 2.25. The predicted octanol–water partition coefficient (Wildman–Crippen LogP) is 2.69. The van der Waals surface area contributed by atoms with Gasteiger partial charge in [0.05, 0.1) is 5.69 Å². The SMILES string of the molecule is CCCc1cc(-c2cccnc2)on1. The van der Waals surface area contributed by atoms with Crippen LogP contribution >= 0.6 is 0 Å². The Bertz CT molecular complexity index is 395. The number of hydrogen-bond donors (Lipinski definition) is 0. The second-order valence-electron chi connectivity index (χ2n) is 3.17. The van der Waals surface area contributed by atoms with Crippen LogP contribution in [0.15, 0.2) is 35.1 Å². The summed E-state index contributed by atoms with van der Waals surface area (Å²) in [5.41, 5.74) is 1.98. The molecular formula is C11H12N2O. The van der Waals surface area contributed by atoms with Crippen LogP contribution in [-0.4, -0.2) is 10.1 Å². The molecule has 0 saturated carbocycles. The van der Waals surface area contributed by atoms with Crippen LogP contribution in [-0.2, 0) is 6.42 Å². The highest BCUT2D eigenvalue weighted by atomic mass is 16.5. The largest absolute Gasteiger partial charge is 0.356 e. The van der Waals surface area contributed by atoms with Crippen molar-refractivity contribution < 1.29 is 4.52 Å². The molecule has 2 aromatic rings. The van der Waals surface area contributed by atoms with Crippen molar-refractivity contribution in [1.29, 1.82) is 0 Å². The Morgan fingerprint density at radius 3 is 3.07 bits per heavy atom. The summed E-state index contributed by atoms with van der Waals surface area (Å²) < 4.78 is 5.21. The van der Waals surface area contributed by atoms with Crippen molar-refractivity contribution >= 4 is 0 Å². The summed E-state index contributed by atoms with van der Waals surface area (Å²) in [6.07, 6.45) is 5.56. The van der Waals surface area contributed by atoms with E-state index in [1.54, 1.807) is 12.4 Å². The fraction of sp³-hybridized carbons (Fsp3) is 0.273. The first-order chi connectivity index (χ1) is 6.90. The molecule has 0 N–H and O–H groups in total. The van der Waals surface area contributed by atoms with Crippen molar-refractivity contribution in [3.63, 3.8) is 0 Å². The lowest BCUT2D eigenvalue weighted by Gasteiger charge is -1.90. The average Bonchev–Trinajstić information content (AvgIpc) is 2.68. The van der Waals surface area contributed by atoms with Gasteiger partial charge < -0.3 is 4.52 Å². The highest BCUT2D eigenvalue weighted by molar-refractivity contribution is 5.55. The molecule has 72 valence electrons. The van der Waals surface area contributed by atoms with Crippen LogP contribution in [0.3, 0.4) is 0 Å². The molecule has 0 amide bonds. The van der Waals surface area contributed by atoms with E-state index in [0.29, 0.717) is 0 Å². The molecule has 2 aromatic heterocycles. The van der Waals surface area contributed by atoms with E-state index in [2.05, 4.69) is 17.1 Å². The van der Waals surface area contributed by atoms with E-state index in [1.165, 1.54) is 0 Å². The maximum Gasteiger partial charge on any atom is 0.168 e. The zero-order valence-electron chi connectivity index (χ0n) is 8.10. The molecule has 0 fully saturated rings. The van der Waals surface area contributed by atoms with E-state index in [0.717, 1.165) is 29.9 Å². The minimum absolute atomic E-state index is 0.793. The van der Waals surface area contributed by atoms with Gasteiger partial charge >= 0.3 is 0 Å². The first-order valence-corrected chi connectivity index (χ1v) is 4.76. The lowest BCUT2D eigenvalue weighted by molar-refractivity contribution is 0.423. The van der Waals surface area contributed by atoms with Gasteiger partial charge in [0.25, 0.3) is 0 Å². The van der Waals surface area contributed by atoms with Crippen LogP contribution in [0.5, 0.6) is 0 Å². The maximum atomic E-state index is 5.21. The second-order valence-corrected chi connectivity index (χ2v) is 3.17. The summed E-state index contributed by atoms with van der Waals surface area (Å²) in [5.74, 6) is 0.793. The van der Waals surface area contributed by atoms with Crippen molar-refractivity contribution in [2.75, 3.05) is 0 Å². The summed E-state index contributed by atoms with van der Waals surface area (Å²) in [4.78, 5) is 4.03. The second kappa shape index (κ2) is 4.05. The van der Waals surface area contributed by atoms with E-state index in [-0.39, 0.29) is 0 Å². The monoisotopic (exact) mass is 188 g/mol. The highest BCUT2D eigenvalue weighted by Crippen LogP contribution is 2.19. The van der Waals surface area contributed by atoms with Gasteiger partial charge in [-0.25, -0.2) is 0 Å². The summed E-state index contributed by atoms with van der Waals surface area (Å²) in [7, 11) is 0. The third-order valence-corrected chi connectivity index (χ3v) is 2.01. The van der Waals surface area contributed by atoms with E-state index in [4.69, 9.17) is 4.52 Å². The first kappa shape index (κ1) is 8.94. The summed E-state index contributed by atoms with van der Waals surface area (Å²) >= 11 is 0. The third-order valence-electron chi connectivity index (χ3n) is 2.01. The third kappa shape index (κ3) is 1.82. The molecule has 0 aromatic carbocycles. The lowest BCUT2D eigenvalue weighted by Crippen LogP contribution is -1.79. The number of aryl methyl sites for hydroxylation is 1. The van der Waals surface area contributed by atoms with Gasteiger partial charge in [0.15, 0.2) is 5.76 Å². The van der Waals surface area contributed by atoms with Gasteiger partial charge in [-0.2, -0.15) is 0 Å². The molecule has 0 aliphatic carbocycles. The molecular weight excluding hydrogens is 176 g/mol. The predicted molar refractivity (Wildman–Crippen MR) is 53.7 cm³/mol. The molecule has 0 aliphatic rings. The fourth-order valence-corrected chi connectivity index (χ4v) is 1.33. The normalized spacial score (nSPS) is 10.4. The topological polar surface area (TPSA) is 38.9 Å². The Morgan fingerprint density at radius 1 is 1.43 bits per heavy atom. The molecule has 0 radical (unpaired) electrons. The molecule has 0 aliphatic heterocycles. The molecule has 0 atom stereocenters. The smallest absolute Gasteiger partial charge is 0.168 e. The standard InChI is InChI=1S/C11H12N2O/c1-2-4-10-7-11(14-13-10)9-5-3-6-12-8-9/h3,5-8H,2,4H2,1H3. The molecule has 0 spiro atoms. The van der Waals surface area contributed by atoms with Crippen LogP contribution in [0.4, 0.5) is 0 Å². The van der Waals surface area contributed by atoms with Crippen molar-refractivity contribution in [1.82, 2.24) is 10.1 Å². The van der Waals surface area contributed by atoms with Crippen LogP contribution in [0.2, 0.25) is 0 Å². The number of pyridine rings is 1. The van der Waals surface area contributed by atoms with Gasteiger partial charge in [-0.15, -0.1) is 0 Å². The minimum atomic E-state index is 0.793. The van der Waals surface area contributed by atoms with Crippen LogP contribution in [0, 0.1) is 0 Å². The van der Waals surface area contributed by atoms with E-state index in [9.17, 15) is 0 Å². The Hall–Kier alpha value is -1.64. The Morgan fingerprint density at radius 2 is 2.36 bits per heavy atom. The number of hydrogen-bond acceptors (Lipinski definition) is 3. The van der Waals surface area contributed by atoms with Crippen LogP contribution in [0.1, 0.15) is 19.0 Å². The minimum Gasteiger partial charge on any atom is -0.356 e. The van der Waals surface area contributed by atoms with Crippen molar-refractivity contribution in [3.05, 3.63) is 36.3 Å². The van der Waals surface area contributed by atoms with Gasteiger partial charge in [-0.05, 0) is 18.6 Å². The van der Waals surface area contributed by atoms with Gasteiger partial charge in [0.1, 0.15) is 0 Å². The number of aromatic nitrogens is 2. The fourth-order valence-electron chi connectivity index (χ4n) is 1.33. The van der Waals surface area contributed by atoms with Crippen LogP contribution in [0.25, 0.3) is 11.3 Å². The van der Waals surface area contributed by atoms with Crippen molar-refractivity contribution in [3.8, 4) is 11.3 Å². The van der Waals surface area contributed by atoms with E-state index in [1.807, 2.05) is 18.2 Å². The number of rotatable bonds is 3. The molecule has 0 saturated heterocycles. The molecule has 2 rings (SSSR count). The molecule has 0 unspecified atom stereocenters. The Labute approximate surface area is 82.8 Å². The highest BCUT2D eigenvalue weighted by Gasteiger charge is 2.05. The van der Waals surface area contributed by atoms with Gasteiger partial charge in [-0.1, -0.05) is 18.5 Å². The molecule has 14 heavy (non-hydrogen) atoms. The Kier molecular flexibility index (Phi) is 2.58. The van der Waals surface area contributed by atoms with Crippen LogP contribution < -0.4 is 0 Å².